The minimum atomic E-state index is -1.65. The fraction of sp³-hybridized carbons (Fsp3) is 0.360. The van der Waals surface area contributed by atoms with Crippen molar-refractivity contribution >= 4 is 23.2 Å². The molecule has 2 aliphatic heterocycles. The summed E-state index contributed by atoms with van der Waals surface area (Å²) in [6.45, 7) is 2.91. The number of hydrogen-bond donors (Lipinski definition) is 2. The van der Waals surface area contributed by atoms with Crippen molar-refractivity contribution in [3.05, 3.63) is 71.8 Å². The first kappa shape index (κ1) is 21.3. The molecular weight excluding hydrogens is 392 g/mol. The third-order valence-corrected chi connectivity index (χ3v) is 6.22. The molecule has 162 valence electrons. The maximum atomic E-state index is 13.4. The standard InChI is InChI=1S/C25H28N2O4/c1-18(7-4-5-16-28)25(31)21-8-2-3-9-22(21)27(24(25)30)17-19-11-13-20(14-12-19)26-15-6-10-23(26)29/h2-4,7-9,11-14,18,28,31H,5-6,10,15-17H2,1H3/b7-4+/t18-,25+/m0/s1. The summed E-state index contributed by atoms with van der Waals surface area (Å²) < 4.78 is 0. The molecule has 2 amide bonds. The van der Waals surface area contributed by atoms with Crippen LogP contribution >= 0.6 is 0 Å². The van der Waals surface area contributed by atoms with E-state index in [1.807, 2.05) is 49.4 Å². The summed E-state index contributed by atoms with van der Waals surface area (Å²) in [6.07, 6.45) is 5.52. The van der Waals surface area contributed by atoms with Crippen molar-refractivity contribution in [1.82, 2.24) is 0 Å². The molecule has 2 heterocycles. The van der Waals surface area contributed by atoms with Crippen LogP contribution in [0.25, 0.3) is 0 Å². The third kappa shape index (κ3) is 3.77. The molecule has 2 N–H and O–H groups in total. The van der Waals surface area contributed by atoms with E-state index >= 15 is 0 Å². The van der Waals surface area contributed by atoms with Gasteiger partial charge in [-0.05, 0) is 36.6 Å². The van der Waals surface area contributed by atoms with Crippen LogP contribution in [-0.4, -0.2) is 35.2 Å². The predicted octanol–water partition coefficient (Wildman–Crippen LogP) is 3.12. The Bertz CT molecular complexity index is 1000. The largest absolute Gasteiger partial charge is 0.396 e. The fourth-order valence-corrected chi connectivity index (χ4v) is 4.46. The Balaban J connectivity index is 1.59. The molecule has 0 spiro atoms. The number of benzene rings is 2. The molecule has 0 aromatic heterocycles. The van der Waals surface area contributed by atoms with Crippen molar-refractivity contribution < 1.29 is 19.8 Å². The lowest BCUT2D eigenvalue weighted by molar-refractivity contribution is -0.139. The first-order valence-electron chi connectivity index (χ1n) is 10.8. The van der Waals surface area contributed by atoms with Gasteiger partial charge in [-0.3, -0.25) is 9.59 Å². The molecular formula is C25H28N2O4. The lowest BCUT2D eigenvalue weighted by atomic mass is 9.83. The predicted molar refractivity (Wildman–Crippen MR) is 120 cm³/mol. The lowest BCUT2D eigenvalue weighted by Crippen LogP contribution is -2.44. The van der Waals surface area contributed by atoms with Crippen LogP contribution in [0.3, 0.4) is 0 Å². The molecule has 2 aliphatic rings. The summed E-state index contributed by atoms with van der Waals surface area (Å²) in [6, 6.07) is 15.0. The monoisotopic (exact) mass is 420 g/mol. The molecule has 2 atom stereocenters. The van der Waals surface area contributed by atoms with E-state index in [2.05, 4.69) is 0 Å². The highest BCUT2D eigenvalue weighted by Gasteiger charge is 2.52. The molecule has 1 saturated heterocycles. The number of rotatable bonds is 7. The smallest absolute Gasteiger partial charge is 0.264 e. The van der Waals surface area contributed by atoms with Crippen LogP contribution in [0.2, 0.25) is 0 Å². The van der Waals surface area contributed by atoms with Gasteiger partial charge in [0, 0.05) is 36.7 Å². The van der Waals surface area contributed by atoms with Crippen LogP contribution in [0.5, 0.6) is 0 Å². The number of para-hydroxylation sites is 1. The average molecular weight is 421 g/mol. The van der Waals surface area contributed by atoms with Gasteiger partial charge in [-0.1, -0.05) is 49.4 Å². The van der Waals surface area contributed by atoms with Crippen LogP contribution in [0.4, 0.5) is 11.4 Å². The molecule has 6 nitrogen and oxygen atoms in total. The number of anilines is 2. The van der Waals surface area contributed by atoms with Gasteiger partial charge in [0.05, 0.1) is 12.2 Å². The van der Waals surface area contributed by atoms with Crippen molar-refractivity contribution in [3.8, 4) is 0 Å². The quantitative estimate of drug-likeness (QED) is 0.675. The van der Waals surface area contributed by atoms with Gasteiger partial charge in [-0.2, -0.15) is 0 Å². The Morgan fingerprint density at radius 2 is 1.87 bits per heavy atom. The molecule has 0 bridgehead atoms. The topological polar surface area (TPSA) is 81.1 Å². The maximum Gasteiger partial charge on any atom is 0.264 e. The number of amides is 2. The maximum absolute atomic E-state index is 13.4. The van der Waals surface area contributed by atoms with E-state index in [1.54, 1.807) is 28.0 Å². The minimum absolute atomic E-state index is 0.0251. The molecule has 0 saturated carbocycles. The highest BCUT2D eigenvalue weighted by molar-refractivity contribution is 6.07. The first-order valence-corrected chi connectivity index (χ1v) is 10.8. The third-order valence-electron chi connectivity index (χ3n) is 6.22. The number of carbonyl (C=O) groups is 2. The summed E-state index contributed by atoms with van der Waals surface area (Å²) in [7, 11) is 0. The number of hydrogen-bond acceptors (Lipinski definition) is 4. The molecule has 1 fully saturated rings. The zero-order valence-electron chi connectivity index (χ0n) is 17.7. The SMILES string of the molecule is C[C@@H](/C=C/CCO)[C@]1(O)C(=O)N(Cc2ccc(N3CCCC3=O)cc2)c2ccccc21. The zero-order valence-corrected chi connectivity index (χ0v) is 17.7. The van der Waals surface area contributed by atoms with E-state index in [0.29, 0.717) is 30.6 Å². The number of aliphatic hydroxyl groups is 2. The minimum Gasteiger partial charge on any atom is -0.396 e. The Morgan fingerprint density at radius 1 is 1.13 bits per heavy atom. The molecule has 0 unspecified atom stereocenters. The van der Waals surface area contributed by atoms with Gasteiger partial charge in [-0.15, -0.1) is 0 Å². The van der Waals surface area contributed by atoms with Crippen molar-refractivity contribution in [3.63, 3.8) is 0 Å². The van der Waals surface area contributed by atoms with Crippen LogP contribution in [0.1, 0.15) is 37.3 Å². The molecule has 0 radical (unpaired) electrons. The highest BCUT2D eigenvalue weighted by atomic mass is 16.3. The molecule has 2 aromatic carbocycles. The lowest BCUT2D eigenvalue weighted by Gasteiger charge is -2.27. The van der Waals surface area contributed by atoms with Crippen LogP contribution in [0, 0.1) is 5.92 Å². The number of carbonyl (C=O) groups excluding carboxylic acids is 2. The normalized spacial score (nSPS) is 21.9. The van der Waals surface area contributed by atoms with E-state index in [4.69, 9.17) is 5.11 Å². The van der Waals surface area contributed by atoms with E-state index in [1.165, 1.54) is 0 Å². The Morgan fingerprint density at radius 3 is 2.55 bits per heavy atom. The van der Waals surface area contributed by atoms with Crippen LogP contribution in [0.15, 0.2) is 60.7 Å². The van der Waals surface area contributed by atoms with E-state index in [-0.39, 0.29) is 18.4 Å². The number of nitrogens with zero attached hydrogens (tertiary/aromatic N) is 2. The van der Waals surface area contributed by atoms with Gasteiger partial charge < -0.3 is 20.0 Å². The highest BCUT2D eigenvalue weighted by Crippen LogP contribution is 2.45. The van der Waals surface area contributed by atoms with Gasteiger partial charge in [-0.25, -0.2) is 0 Å². The molecule has 0 aliphatic carbocycles. The van der Waals surface area contributed by atoms with Gasteiger partial charge in [0.25, 0.3) is 5.91 Å². The van der Waals surface area contributed by atoms with Gasteiger partial charge in [0.2, 0.25) is 5.91 Å². The first-order chi connectivity index (χ1) is 15.0. The molecule has 2 aromatic rings. The summed E-state index contributed by atoms with van der Waals surface area (Å²) in [4.78, 5) is 28.8. The van der Waals surface area contributed by atoms with Crippen LogP contribution < -0.4 is 9.80 Å². The number of aliphatic hydroxyl groups excluding tert-OH is 1. The van der Waals surface area contributed by atoms with E-state index in [0.717, 1.165) is 24.2 Å². The van der Waals surface area contributed by atoms with Crippen molar-refractivity contribution in [2.75, 3.05) is 23.0 Å². The summed E-state index contributed by atoms with van der Waals surface area (Å²) >= 11 is 0. The second-order valence-electron chi connectivity index (χ2n) is 8.22. The second-order valence-corrected chi connectivity index (χ2v) is 8.22. The van der Waals surface area contributed by atoms with Gasteiger partial charge >= 0.3 is 0 Å². The molecule has 4 rings (SSSR count). The van der Waals surface area contributed by atoms with E-state index in [9.17, 15) is 14.7 Å². The average Bonchev–Trinajstić information content (AvgIpc) is 3.30. The van der Waals surface area contributed by atoms with Crippen molar-refractivity contribution in [2.24, 2.45) is 5.92 Å². The second kappa shape index (κ2) is 8.65. The van der Waals surface area contributed by atoms with Crippen LogP contribution in [-0.2, 0) is 21.7 Å². The Labute approximate surface area is 182 Å². The summed E-state index contributed by atoms with van der Waals surface area (Å²) in [5, 5.41) is 20.5. The van der Waals surface area contributed by atoms with Gasteiger partial charge in [0.1, 0.15) is 0 Å². The summed E-state index contributed by atoms with van der Waals surface area (Å²) in [5.41, 5.74) is 1.45. The molecule has 31 heavy (non-hydrogen) atoms. The van der Waals surface area contributed by atoms with E-state index < -0.39 is 11.5 Å². The Hall–Kier alpha value is -2.96. The van der Waals surface area contributed by atoms with Crippen molar-refractivity contribution in [1.29, 1.82) is 0 Å². The van der Waals surface area contributed by atoms with Gasteiger partial charge in [0.15, 0.2) is 5.60 Å². The number of fused-ring (bicyclic) bond motifs is 1. The summed E-state index contributed by atoms with van der Waals surface area (Å²) in [5.74, 6) is -0.653. The van der Waals surface area contributed by atoms with Crippen molar-refractivity contribution in [2.45, 2.75) is 38.3 Å². The Kier molecular flexibility index (Phi) is 5.94. The molecule has 6 heteroatoms. The fourth-order valence-electron chi connectivity index (χ4n) is 4.46. The zero-order chi connectivity index (χ0) is 22.0.